The van der Waals surface area contributed by atoms with Crippen LogP contribution in [0.25, 0.3) is 22.1 Å². The van der Waals surface area contributed by atoms with Crippen LogP contribution in [0.15, 0.2) is 63.8 Å². The van der Waals surface area contributed by atoms with E-state index in [9.17, 15) is 14.4 Å². The molecule has 0 radical (unpaired) electrons. The maximum atomic E-state index is 13.2. The van der Waals surface area contributed by atoms with Gasteiger partial charge in [0.2, 0.25) is 5.91 Å². The van der Waals surface area contributed by atoms with Gasteiger partial charge >= 0.3 is 5.63 Å². The Hall–Kier alpha value is -3.41. The number of hydrogen-bond acceptors (Lipinski definition) is 4. The summed E-state index contributed by atoms with van der Waals surface area (Å²) < 4.78 is 5.45. The van der Waals surface area contributed by atoms with Crippen molar-refractivity contribution in [2.24, 2.45) is 5.41 Å². The highest BCUT2D eigenvalue weighted by atomic mass is 16.4. The van der Waals surface area contributed by atoms with E-state index < -0.39 is 5.63 Å². The second-order valence-corrected chi connectivity index (χ2v) is 8.64. The zero-order chi connectivity index (χ0) is 21.4. The largest absolute Gasteiger partial charge is 0.422 e. The molecule has 2 aromatic carbocycles. The molecular weight excluding hydrogens is 392 g/mol. The van der Waals surface area contributed by atoms with Gasteiger partial charge < -0.3 is 14.6 Å². The molecule has 1 N–H and O–H groups in total. The zero-order valence-corrected chi connectivity index (χ0v) is 17.2. The average molecular weight is 416 g/mol. The first-order valence-corrected chi connectivity index (χ1v) is 10.7. The summed E-state index contributed by atoms with van der Waals surface area (Å²) in [5, 5.41) is 3.82. The number of carbonyl (C=O) groups is 2. The van der Waals surface area contributed by atoms with Crippen molar-refractivity contribution in [3.8, 4) is 11.1 Å². The van der Waals surface area contributed by atoms with Gasteiger partial charge in [0.1, 0.15) is 5.58 Å². The van der Waals surface area contributed by atoms with E-state index in [0.717, 1.165) is 24.6 Å². The molecule has 0 aliphatic carbocycles. The van der Waals surface area contributed by atoms with E-state index >= 15 is 0 Å². The molecule has 3 aromatic rings. The highest BCUT2D eigenvalue weighted by molar-refractivity contribution is 5.96. The number of nitrogens with one attached hydrogen (secondary N) is 1. The third kappa shape index (κ3) is 3.74. The summed E-state index contributed by atoms with van der Waals surface area (Å²) in [4.78, 5) is 39.0. The normalized spacial score (nSPS) is 18.2. The minimum absolute atomic E-state index is 0.0262. The van der Waals surface area contributed by atoms with Crippen LogP contribution < -0.4 is 10.9 Å². The standard InChI is InChI=1S/C25H24N2O4/c28-22-8-9-25(16-26-22)10-12-27(13-11-25)23(29)19-6-3-5-17(14-19)20-15-18-4-1-2-7-21(18)31-24(20)30/h1-7,14-15H,8-13,16H2,(H,26,28). The highest BCUT2D eigenvalue weighted by Crippen LogP contribution is 2.38. The van der Waals surface area contributed by atoms with Crippen LogP contribution in [0.2, 0.25) is 0 Å². The van der Waals surface area contributed by atoms with Crippen LogP contribution in [0.4, 0.5) is 0 Å². The van der Waals surface area contributed by atoms with E-state index in [1.165, 1.54) is 0 Å². The van der Waals surface area contributed by atoms with Gasteiger partial charge in [-0.05, 0) is 54.5 Å². The fraction of sp³-hybridized carbons (Fsp3) is 0.320. The van der Waals surface area contributed by atoms with Gasteiger partial charge in [0.05, 0.1) is 5.56 Å². The summed E-state index contributed by atoms with van der Waals surface area (Å²) in [6, 6.07) is 16.4. The van der Waals surface area contributed by atoms with Gasteiger partial charge in [0.25, 0.3) is 5.91 Å². The molecule has 0 saturated carbocycles. The minimum Gasteiger partial charge on any atom is -0.422 e. The van der Waals surface area contributed by atoms with Crippen LogP contribution in [0.3, 0.4) is 0 Å². The van der Waals surface area contributed by atoms with E-state index in [-0.39, 0.29) is 17.2 Å². The van der Waals surface area contributed by atoms with E-state index in [4.69, 9.17) is 4.42 Å². The third-order valence-electron chi connectivity index (χ3n) is 6.72. The first-order chi connectivity index (χ1) is 15.0. The molecule has 6 nitrogen and oxygen atoms in total. The van der Waals surface area contributed by atoms with Crippen LogP contribution in [0.1, 0.15) is 36.0 Å². The molecule has 1 spiro atoms. The fourth-order valence-electron chi connectivity index (χ4n) is 4.72. The number of nitrogens with zero attached hydrogens (tertiary/aromatic N) is 1. The first-order valence-electron chi connectivity index (χ1n) is 10.7. The molecule has 0 atom stereocenters. The number of amides is 2. The zero-order valence-electron chi connectivity index (χ0n) is 17.2. The van der Waals surface area contributed by atoms with Crippen LogP contribution in [0, 0.1) is 5.41 Å². The van der Waals surface area contributed by atoms with Gasteiger partial charge in [-0.25, -0.2) is 4.79 Å². The molecule has 1 aromatic heterocycles. The molecule has 6 heteroatoms. The van der Waals surface area contributed by atoms with Crippen molar-refractivity contribution in [3.05, 3.63) is 70.6 Å². The van der Waals surface area contributed by atoms with Crippen molar-refractivity contribution in [3.63, 3.8) is 0 Å². The molecule has 3 heterocycles. The Morgan fingerprint density at radius 1 is 0.968 bits per heavy atom. The van der Waals surface area contributed by atoms with Gasteiger partial charge in [-0.15, -0.1) is 0 Å². The van der Waals surface area contributed by atoms with E-state index in [1.807, 2.05) is 35.2 Å². The van der Waals surface area contributed by atoms with Gasteiger partial charge in [-0.1, -0.05) is 30.3 Å². The van der Waals surface area contributed by atoms with Crippen LogP contribution in [0.5, 0.6) is 0 Å². The Morgan fingerprint density at radius 2 is 1.77 bits per heavy atom. The number of rotatable bonds is 2. The second kappa shape index (κ2) is 7.69. The van der Waals surface area contributed by atoms with Crippen LogP contribution >= 0.6 is 0 Å². The molecule has 0 unspecified atom stereocenters. The van der Waals surface area contributed by atoms with Crippen LogP contribution in [-0.2, 0) is 4.79 Å². The second-order valence-electron chi connectivity index (χ2n) is 8.64. The van der Waals surface area contributed by atoms with Gasteiger partial charge in [-0.3, -0.25) is 9.59 Å². The summed E-state index contributed by atoms with van der Waals surface area (Å²) in [5.41, 5.74) is 1.94. The lowest BCUT2D eigenvalue weighted by Gasteiger charge is -2.44. The number of para-hydroxylation sites is 1. The molecule has 2 aliphatic rings. The average Bonchev–Trinajstić information content (AvgIpc) is 2.81. The molecule has 2 aliphatic heterocycles. The smallest absolute Gasteiger partial charge is 0.344 e. The summed E-state index contributed by atoms with van der Waals surface area (Å²) >= 11 is 0. The van der Waals surface area contributed by atoms with Crippen molar-refractivity contribution in [2.75, 3.05) is 19.6 Å². The van der Waals surface area contributed by atoms with Crippen molar-refractivity contribution < 1.29 is 14.0 Å². The van der Waals surface area contributed by atoms with Crippen molar-refractivity contribution in [2.45, 2.75) is 25.7 Å². The van der Waals surface area contributed by atoms with E-state index in [0.29, 0.717) is 48.3 Å². The van der Waals surface area contributed by atoms with Gasteiger partial charge in [-0.2, -0.15) is 0 Å². The monoisotopic (exact) mass is 416 g/mol. The Morgan fingerprint density at radius 3 is 2.55 bits per heavy atom. The SMILES string of the molecule is O=C1CCC2(CCN(C(=O)c3cccc(-c4cc5ccccc5oc4=O)c3)CC2)CN1. The molecule has 158 valence electrons. The molecule has 31 heavy (non-hydrogen) atoms. The Labute approximate surface area is 179 Å². The summed E-state index contributed by atoms with van der Waals surface area (Å²) in [6.07, 6.45) is 3.26. The van der Waals surface area contributed by atoms with Crippen molar-refractivity contribution in [1.82, 2.24) is 10.2 Å². The lowest BCUT2D eigenvalue weighted by atomic mass is 9.73. The lowest BCUT2D eigenvalue weighted by molar-refractivity contribution is -0.125. The fourth-order valence-corrected chi connectivity index (χ4v) is 4.72. The molecule has 5 rings (SSSR count). The number of likely N-dealkylation sites (tertiary alicyclic amines) is 1. The first kappa shape index (κ1) is 19.5. The minimum atomic E-state index is -0.414. The van der Waals surface area contributed by atoms with Gasteiger partial charge in [0, 0.05) is 37.0 Å². The van der Waals surface area contributed by atoms with Crippen LogP contribution in [-0.4, -0.2) is 36.3 Å². The third-order valence-corrected chi connectivity index (χ3v) is 6.72. The number of fused-ring (bicyclic) bond motifs is 1. The quantitative estimate of drug-likeness (QED) is 0.648. The molecule has 0 bridgehead atoms. The molecule has 2 amide bonds. The Bertz CT molecular complexity index is 1210. The highest BCUT2D eigenvalue weighted by Gasteiger charge is 2.38. The van der Waals surface area contributed by atoms with Gasteiger partial charge in [0.15, 0.2) is 0 Å². The molecule has 2 saturated heterocycles. The van der Waals surface area contributed by atoms with Crippen molar-refractivity contribution in [1.29, 1.82) is 0 Å². The van der Waals surface area contributed by atoms with Crippen molar-refractivity contribution >= 4 is 22.8 Å². The maximum Gasteiger partial charge on any atom is 0.344 e. The number of carbonyl (C=O) groups excluding carboxylic acids is 2. The number of hydrogen-bond donors (Lipinski definition) is 1. The summed E-state index contributed by atoms with van der Waals surface area (Å²) in [5.74, 6) is 0.0980. The number of benzene rings is 2. The Kier molecular flexibility index (Phi) is 4.85. The molecule has 2 fully saturated rings. The predicted molar refractivity (Wildman–Crippen MR) is 118 cm³/mol. The topological polar surface area (TPSA) is 79.6 Å². The summed E-state index contributed by atoms with van der Waals surface area (Å²) in [6.45, 7) is 2.06. The lowest BCUT2D eigenvalue weighted by Crippen LogP contribution is -2.50. The van der Waals surface area contributed by atoms with E-state index in [1.54, 1.807) is 24.3 Å². The Balaban J connectivity index is 1.36. The molecular formula is C25H24N2O4. The number of piperidine rings is 2. The predicted octanol–water partition coefficient (Wildman–Crippen LogP) is 3.59. The maximum absolute atomic E-state index is 13.2. The summed E-state index contributed by atoms with van der Waals surface area (Å²) in [7, 11) is 0. The van der Waals surface area contributed by atoms with E-state index in [2.05, 4.69) is 5.32 Å².